The Hall–Kier alpha value is -2.15. The van der Waals surface area contributed by atoms with Gasteiger partial charge in [0.2, 0.25) is 0 Å². The molecule has 5 rings (SSSR count). The highest BCUT2D eigenvalue weighted by molar-refractivity contribution is 7.13. The minimum atomic E-state index is -0.0638. The van der Waals surface area contributed by atoms with E-state index >= 15 is 0 Å². The van der Waals surface area contributed by atoms with Crippen molar-refractivity contribution in [2.24, 2.45) is 5.92 Å². The van der Waals surface area contributed by atoms with E-state index in [1.165, 1.54) is 16.1 Å². The lowest BCUT2D eigenvalue weighted by Crippen LogP contribution is -2.46. The van der Waals surface area contributed by atoms with E-state index in [4.69, 9.17) is 4.42 Å². The van der Waals surface area contributed by atoms with Gasteiger partial charge < -0.3 is 14.1 Å². The first kappa shape index (κ1) is 17.0. The lowest BCUT2D eigenvalue weighted by molar-refractivity contribution is 0.107. The van der Waals surface area contributed by atoms with E-state index in [9.17, 15) is 9.90 Å². The fourth-order valence-corrected chi connectivity index (χ4v) is 5.46. The molecule has 0 saturated carbocycles. The van der Waals surface area contributed by atoms with Crippen molar-refractivity contribution in [3.05, 3.63) is 69.3 Å². The molecule has 6 heteroatoms. The number of rotatable bonds is 4. The van der Waals surface area contributed by atoms with Crippen molar-refractivity contribution >= 4 is 11.3 Å². The summed E-state index contributed by atoms with van der Waals surface area (Å²) in [6.45, 7) is 3.37. The molecule has 140 valence electrons. The maximum absolute atomic E-state index is 12.5. The summed E-state index contributed by atoms with van der Waals surface area (Å²) < 4.78 is 7.70. The largest absolute Gasteiger partial charge is 0.462 e. The van der Waals surface area contributed by atoms with Crippen molar-refractivity contribution in [1.29, 1.82) is 0 Å². The van der Waals surface area contributed by atoms with Crippen molar-refractivity contribution in [1.82, 2.24) is 9.47 Å². The molecule has 0 aromatic carbocycles. The van der Waals surface area contributed by atoms with Gasteiger partial charge in [-0.1, -0.05) is 6.07 Å². The molecule has 0 radical (unpaired) electrons. The summed E-state index contributed by atoms with van der Waals surface area (Å²) in [5.41, 5.74) is 2.52. The van der Waals surface area contributed by atoms with Gasteiger partial charge in [-0.05, 0) is 42.0 Å². The minimum Gasteiger partial charge on any atom is -0.462 e. The Morgan fingerprint density at radius 2 is 2.00 bits per heavy atom. The van der Waals surface area contributed by atoms with E-state index in [1.807, 2.05) is 22.8 Å². The Bertz CT molecular complexity index is 1000. The number of pyridine rings is 1. The fraction of sp³-hybridized carbons (Fsp3) is 0.381. The third-order valence-corrected chi connectivity index (χ3v) is 6.61. The molecule has 27 heavy (non-hydrogen) atoms. The second-order valence-corrected chi connectivity index (χ2v) is 8.52. The van der Waals surface area contributed by atoms with Crippen LogP contribution in [-0.4, -0.2) is 27.7 Å². The molecule has 0 aliphatic carbocycles. The molecular weight excluding hydrogens is 360 g/mol. The quantitative estimate of drug-likeness (QED) is 0.752. The van der Waals surface area contributed by atoms with Crippen LogP contribution in [0.3, 0.4) is 0 Å². The molecule has 5 heterocycles. The molecule has 3 aromatic heterocycles. The first-order chi connectivity index (χ1) is 13.2. The van der Waals surface area contributed by atoms with Crippen LogP contribution in [0.5, 0.6) is 0 Å². The maximum Gasteiger partial charge on any atom is 0.250 e. The summed E-state index contributed by atoms with van der Waals surface area (Å²) >= 11 is 1.73. The molecule has 0 amide bonds. The van der Waals surface area contributed by atoms with Crippen LogP contribution in [-0.2, 0) is 19.7 Å². The van der Waals surface area contributed by atoms with Crippen molar-refractivity contribution in [2.75, 3.05) is 13.1 Å². The summed E-state index contributed by atoms with van der Waals surface area (Å²) in [6, 6.07) is 11.7. The molecule has 0 unspecified atom stereocenters. The monoisotopic (exact) mass is 382 g/mol. The van der Waals surface area contributed by atoms with E-state index in [2.05, 4.69) is 22.4 Å². The average Bonchev–Trinajstić information content (AvgIpc) is 3.34. The number of aliphatic hydroxyl groups excluding tert-OH is 1. The molecule has 5 nitrogen and oxygen atoms in total. The fourth-order valence-electron chi connectivity index (χ4n) is 4.70. The van der Waals surface area contributed by atoms with E-state index < -0.39 is 0 Å². The molecule has 2 bridgehead atoms. The van der Waals surface area contributed by atoms with Crippen molar-refractivity contribution in [3.8, 4) is 10.4 Å². The van der Waals surface area contributed by atoms with Gasteiger partial charge in [0, 0.05) is 47.8 Å². The second-order valence-electron chi connectivity index (χ2n) is 7.58. The highest BCUT2D eigenvalue weighted by atomic mass is 32.1. The van der Waals surface area contributed by atoms with Crippen LogP contribution in [0.4, 0.5) is 0 Å². The third kappa shape index (κ3) is 3.08. The normalized spacial score (nSPS) is 22.0. The van der Waals surface area contributed by atoms with Gasteiger partial charge in [0.15, 0.2) is 0 Å². The Morgan fingerprint density at radius 1 is 1.11 bits per heavy atom. The van der Waals surface area contributed by atoms with Gasteiger partial charge in [-0.15, -0.1) is 11.3 Å². The van der Waals surface area contributed by atoms with Crippen LogP contribution >= 0.6 is 11.3 Å². The van der Waals surface area contributed by atoms with Gasteiger partial charge in [0.1, 0.15) is 18.1 Å². The van der Waals surface area contributed by atoms with E-state index in [1.54, 1.807) is 17.4 Å². The van der Waals surface area contributed by atoms with Crippen molar-refractivity contribution in [3.63, 3.8) is 0 Å². The lowest BCUT2D eigenvalue weighted by atomic mass is 9.81. The molecule has 3 aromatic rings. The molecule has 0 spiro atoms. The summed E-state index contributed by atoms with van der Waals surface area (Å²) in [5, 5.41) is 11.3. The Morgan fingerprint density at radius 3 is 2.78 bits per heavy atom. The zero-order valence-electron chi connectivity index (χ0n) is 15.0. The number of aliphatic hydroxyl groups is 1. The molecule has 1 N–H and O–H groups in total. The zero-order chi connectivity index (χ0) is 18.4. The van der Waals surface area contributed by atoms with Crippen LogP contribution in [0.25, 0.3) is 10.4 Å². The standard InChI is InChI=1S/C21H22N2O3S/c24-13-17-4-3-16(26-17)12-22-9-14-8-15(11-22)21-18(19-2-1-7-27-19)5-6-20(25)23(21)10-14/h1-7,14-15,24H,8-13H2/t14-,15-/m0/s1. The Labute approximate surface area is 161 Å². The maximum atomic E-state index is 12.5. The van der Waals surface area contributed by atoms with Crippen LogP contribution in [0.15, 0.2) is 51.0 Å². The van der Waals surface area contributed by atoms with Gasteiger partial charge in [0.25, 0.3) is 5.56 Å². The number of nitrogens with zero attached hydrogens (tertiary/aromatic N) is 2. The predicted molar refractivity (Wildman–Crippen MR) is 105 cm³/mol. The van der Waals surface area contributed by atoms with Crippen molar-refractivity contribution < 1.29 is 9.52 Å². The van der Waals surface area contributed by atoms with E-state index in [0.29, 0.717) is 17.6 Å². The molecule has 1 saturated heterocycles. The van der Waals surface area contributed by atoms with Crippen LogP contribution < -0.4 is 5.56 Å². The first-order valence-corrected chi connectivity index (χ1v) is 10.3. The van der Waals surface area contributed by atoms with E-state index in [0.717, 1.165) is 38.4 Å². The number of hydrogen-bond acceptors (Lipinski definition) is 5. The summed E-state index contributed by atoms with van der Waals surface area (Å²) in [4.78, 5) is 16.2. The van der Waals surface area contributed by atoms with Crippen LogP contribution in [0.2, 0.25) is 0 Å². The van der Waals surface area contributed by atoms with Crippen LogP contribution in [0, 0.1) is 5.92 Å². The van der Waals surface area contributed by atoms with Gasteiger partial charge in [-0.25, -0.2) is 0 Å². The van der Waals surface area contributed by atoms with Gasteiger partial charge >= 0.3 is 0 Å². The number of likely N-dealkylation sites (tertiary alicyclic amines) is 1. The zero-order valence-corrected chi connectivity index (χ0v) is 15.8. The summed E-state index contributed by atoms with van der Waals surface area (Å²) in [7, 11) is 0. The summed E-state index contributed by atoms with van der Waals surface area (Å²) in [5.74, 6) is 2.35. The second kappa shape index (κ2) is 6.78. The highest BCUT2D eigenvalue weighted by Crippen LogP contribution is 2.41. The Balaban J connectivity index is 1.47. The molecule has 2 atom stereocenters. The topological polar surface area (TPSA) is 58.6 Å². The molecule has 2 aliphatic rings. The number of furan rings is 1. The third-order valence-electron chi connectivity index (χ3n) is 5.70. The number of hydrogen-bond donors (Lipinski definition) is 1. The number of aromatic nitrogens is 1. The highest BCUT2D eigenvalue weighted by Gasteiger charge is 2.36. The van der Waals surface area contributed by atoms with Crippen LogP contribution in [0.1, 0.15) is 29.6 Å². The summed E-state index contributed by atoms with van der Waals surface area (Å²) in [6.07, 6.45) is 1.14. The minimum absolute atomic E-state index is 0.0638. The lowest BCUT2D eigenvalue weighted by Gasteiger charge is -2.43. The van der Waals surface area contributed by atoms with E-state index in [-0.39, 0.29) is 12.2 Å². The molecule has 1 fully saturated rings. The number of piperidine rings is 1. The SMILES string of the molecule is O=c1ccc(-c2cccs2)c2n1C[C@H]1C[C@H]2CN(Cc2ccc(CO)o2)C1. The molecule has 2 aliphatic heterocycles. The predicted octanol–water partition coefficient (Wildman–Crippen LogP) is 3.28. The van der Waals surface area contributed by atoms with Gasteiger partial charge in [-0.3, -0.25) is 9.69 Å². The number of thiophene rings is 1. The smallest absolute Gasteiger partial charge is 0.250 e. The van der Waals surface area contributed by atoms with Gasteiger partial charge in [0.05, 0.1) is 6.54 Å². The van der Waals surface area contributed by atoms with Gasteiger partial charge in [-0.2, -0.15) is 0 Å². The number of fused-ring (bicyclic) bond motifs is 4. The average molecular weight is 382 g/mol. The van der Waals surface area contributed by atoms with Crippen molar-refractivity contribution in [2.45, 2.75) is 32.0 Å². The first-order valence-electron chi connectivity index (χ1n) is 9.39. The Kier molecular flexibility index (Phi) is 4.27. The molecular formula is C21H22N2O3S.